The standard InChI is InChI=1S/C12H13Cl2NO3.ClH/c1-12(2)5-18-11(17)15-10(12)7-3-6(13)4-8(14)9(7)16;/h3-4,10,16H,5H2,1-2H3,(H,15,17);1H/t10-;/m1./s1. The van der Waals surface area contributed by atoms with Gasteiger partial charge in [-0.2, -0.15) is 0 Å². The fourth-order valence-corrected chi connectivity index (χ4v) is 2.50. The first kappa shape index (κ1) is 16.2. The molecule has 106 valence electrons. The zero-order valence-corrected chi connectivity index (χ0v) is 12.7. The highest BCUT2D eigenvalue weighted by molar-refractivity contribution is 6.35. The van der Waals surface area contributed by atoms with Crippen LogP contribution in [-0.2, 0) is 4.74 Å². The van der Waals surface area contributed by atoms with E-state index in [0.29, 0.717) is 10.6 Å². The Morgan fingerprint density at radius 1 is 1.42 bits per heavy atom. The van der Waals surface area contributed by atoms with E-state index in [0.717, 1.165) is 0 Å². The Hall–Kier alpha value is -0.840. The average molecular weight is 327 g/mol. The molecule has 1 aliphatic heterocycles. The van der Waals surface area contributed by atoms with Gasteiger partial charge in [-0.25, -0.2) is 4.79 Å². The Bertz CT molecular complexity index is 505. The van der Waals surface area contributed by atoms with Crippen LogP contribution in [0.15, 0.2) is 12.1 Å². The second-order valence-corrected chi connectivity index (χ2v) is 5.81. The van der Waals surface area contributed by atoms with Crippen molar-refractivity contribution >= 4 is 41.7 Å². The van der Waals surface area contributed by atoms with Crippen molar-refractivity contribution in [1.82, 2.24) is 5.32 Å². The summed E-state index contributed by atoms with van der Waals surface area (Å²) in [5.74, 6) is -0.0682. The smallest absolute Gasteiger partial charge is 0.407 e. The number of amides is 1. The van der Waals surface area contributed by atoms with Crippen LogP contribution in [0, 0.1) is 5.41 Å². The minimum absolute atomic E-state index is 0. The van der Waals surface area contributed by atoms with E-state index in [4.69, 9.17) is 27.9 Å². The topological polar surface area (TPSA) is 58.6 Å². The number of carbonyl (C=O) groups is 1. The highest BCUT2D eigenvalue weighted by atomic mass is 35.5. The van der Waals surface area contributed by atoms with Gasteiger partial charge in [0.1, 0.15) is 12.4 Å². The van der Waals surface area contributed by atoms with Crippen molar-refractivity contribution in [1.29, 1.82) is 0 Å². The molecular formula is C12H14Cl3NO3. The molecule has 1 atom stereocenters. The Morgan fingerprint density at radius 3 is 2.68 bits per heavy atom. The maximum absolute atomic E-state index is 11.3. The van der Waals surface area contributed by atoms with Gasteiger partial charge < -0.3 is 15.2 Å². The van der Waals surface area contributed by atoms with Gasteiger partial charge in [0.15, 0.2) is 0 Å². The Labute approximate surface area is 127 Å². The summed E-state index contributed by atoms with van der Waals surface area (Å²) in [6.45, 7) is 4.10. The summed E-state index contributed by atoms with van der Waals surface area (Å²) in [7, 11) is 0. The summed E-state index contributed by atoms with van der Waals surface area (Å²) in [6.07, 6.45) is -0.519. The molecule has 2 rings (SSSR count). The molecule has 1 aliphatic rings. The average Bonchev–Trinajstić information content (AvgIpc) is 2.27. The number of aromatic hydroxyl groups is 1. The monoisotopic (exact) mass is 325 g/mol. The lowest BCUT2D eigenvalue weighted by molar-refractivity contribution is 0.0381. The lowest BCUT2D eigenvalue weighted by atomic mass is 9.80. The number of nitrogens with one attached hydrogen (secondary N) is 1. The van der Waals surface area contributed by atoms with Crippen LogP contribution >= 0.6 is 35.6 Å². The van der Waals surface area contributed by atoms with Gasteiger partial charge in [-0.1, -0.05) is 37.0 Å². The van der Waals surface area contributed by atoms with Gasteiger partial charge in [0.2, 0.25) is 0 Å². The van der Waals surface area contributed by atoms with Crippen LogP contribution < -0.4 is 5.32 Å². The van der Waals surface area contributed by atoms with Crippen molar-refractivity contribution in [2.75, 3.05) is 6.61 Å². The van der Waals surface area contributed by atoms with Gasteiger partial charge in [-0.15, -0.1) is 12.4 Å². The number of ether oxygens (including phenoxy) is 1. The molecule has 2 N–H and O–H groups in total. The van der Waals surface area contributed by atoms with E-state index in [1.165, 1.54) is 6.07 Å². The van der Waals surface area contributed by atoms with Crippen LogP contribution in [0.1, 0.15) is 25.5 Å². The highest BCUT2D eigenvalue weighted by Gasteiger charge is 2.39. The van der Waals surface area contributed by atoms with E-state index < -0.39 is 12.1 Å². The summed E-state index contributed by atoms with van der Waals surface area (Å²) in [5.41, 5.74) is 0.119. The van der Waals surface area contributed by atoms with Gasteiger partial charge in [0.05, 0.1) is 11.1 Å². The molecule has 1 fully saturated rings. The fraction of sp³-hybridized carbons (Fsp3) is 0.417. The van der Waals surface area contributed by atoms with Gasteiger partial charge in [0, 0.05) is 16.0 Å². The van der Waals surface area contributed by atoms with Gasteiger partial charge in [-0.05, 0) is 12.1 Å². The molecule has 4 nitrogen and oxygen atoms in total. The van der Waals surface area contributed by atoms with Gasteiger partial charge >= 0.3 is 6.09 Å². The number of benzene rings is 1. The number of phenols is 1. The molecule has 1 aromatic carbocycles. The number of carbonyl (C=O) groups excluding carboxylic acids is 1. The van der Waals surface area contributed by atoms with Crippen LogP contribution in [0.5, 0.6) is 5.75 Å². The minimum atomic E-state index is -0.519. The van der Waals surface area contributed by atoms with Gasteiger partial charge in [-0.3, -0.25) is 0 Å². The summed E-state index contributed by atoms with van der Waals surface area (Å²) in [4.78, 5) is 11.3. The molecule has 0 aromatic heterocycles. The van der Waals surface area contributed by atoms with Crippen LogP contribution in [0.3, 0.4) is 0 Å². The highest BCUT2D eigenvalue weighted by Crippen LogP contribution is 2.43. The lowest BCUT2D eigenvalue weighted by Crippen LogP contribution is -2.46. The van der Waals surface area contributed by atoms with Crippen molar-refractivity contribution < 1.29 is 14.6 Å². The first-order valence-corrected chi connectivity index (χ1v) is 6.18. The molecule has 1 aromatic rings. The molecule has 0 saturated carbocycles. The third-order valence-corrected chi connectivity index (χ3v) is 3.49. The van der Waals surface area contributed by atoms with E-state index in [2.05, 4.69) is 5.32 Å². The third-order valence-electron chi connectivity index (χ3n) is 2.99. The number of halogens is 3. The summed E-state index contributed by atoms with van der Waals surface area (Å²) in [6, 6.07) is 2.65. The molecule has 1 saturated heterocycles. The first-order valence-electron chi connectivity index (χ1n) is 5.42. The van der Waals surface area contributed by atoms with E-state index in [1.54, 1.807) is 6.07 Å². The summed E-state index contributed by atoms with van der Waals surface area (Å²) < 4.78 is 4.95. The Kier molecular flexibility index (Phi) is 4.82. The van der Waals surface area contributed by atoms with E-state index in [-0.39, 0.29) is 35.2 Å². The number of phenolic OH excluding ortho intramolecular Hbond substituents is 1. The molecule has 0 radical (unpaired) electrons. The van der Waals surface area contributed by atoms with Crippen LogP contribution in [-0.4, -0.2) is 17.8 Å². The molecule has 1 amide bonds. The van der Waals surface area contributed by atoms with Crippen molar-refractivity contribution in [2.24, 2.45) is 5.41 Å². The molecule has 0 aliphatic carbocycles. The maximum Gasteiger partial charge on any atom is 0.407 e. The van der Waals surface area contributed by atoms with Gasteiger partial charge in [0.25, 0.3) is 0 Å². The molecule has 0 bridgehead atoms. The molecular weight excluding hydrogens is 312 g/mol. The van der Waals surface area contributed by atoms with Crippen LogP contribution in [0.2, 0.25) is 10.0 Å². The van der Waals surface area contributed by atoms with Crippen molar-refractivity contribution in [3.8, 4) is 5.75 Å². The lowest BCUT2D eigenvalue weighted by Gasteiger charge is -2.38. The summed E-state index contributed by atoms with van der Waals surface area (Å²) in [5, 5.41) is 13.3. The molecule has 7 heteroatoms. The SMILES string of the molecule is CC1(C)COC(=O)N[C@@H]1c1cc(Cl)cc(Cl)c1O.Cl. The molecule has 19 heavy (non-hydrogen) atoms. The molecule has 0 spiro atoms. The predicted octanol–water partition coefficient (Wildman–Crippen LogP) is 3.93. The predicted molar refractivity (Wildman–Crippen MR) is 76.4 cm³/mol. The zero-order valence-electron chi connectivity index (χ0n) is 10.4. The van der Waals surface area contributed by atoms with Crippen LogP contribution in [0.25, 0.3) is 0 Å². The normalized spacial score (nSPS) is 21.1. The summed E-state index contributed by atoms with van der Waals surface area (Å²) >= 11 is 11.8. The Balaban J connectivity index is 0.00000180. The third kappa shape index (κ3) is 3.19. The van der Waals surface area contributed by atoms with E-state index >= 15 is 0 Å². The van der Waals surface area contributed by atoms with Crippen molar-refractivity contribution in [3.63, 3.8) is 0 Å². The fourth-order valence-electron chi connectivity index (χ4n) is 1.99. The van der Waals surface area contributed by atoms with E-state index in [9.17, 15) is 9.90 Å². The number of hydrogen-bond donors (Lipinski definition) is 2. The maximum atomic E-state index is 11.3. The number of hydrogen-bond acceptors (Lipinski definition) is 3. The second-order valence-electron chi connectivity index (χ2n) is 4.97. The molecule has 0 unspecified atom stereocenters. The quantitative estimate of drug-likeness (QED) is 0.822. The number of alkyl carbamates (subject to hydrolysis) is 1. The second kappa shape index (κ2) is 5.65. The Morgan fingerprint density at radius 2 is 2.05 bits per heavy atom. The van der Waals surface area contributed by atoms with E-state index in [1.807, 2.05) is 13.8 Å². The first-order chi connectivity index (χ1) is 8.31. The molecule has 1 heterocycles. The zero-order chi connectivity index (χ0) is 13.5. The van der Waals surface area contributed by atoms with Crippen LogP contribution in [0.4, 0.5) is 4.79 Å². The van der Waals surface area contributed by atoms with Crippen molar-refractivity contribution in [2.45, 2.75) is 19.9 Å². The largest absolute Gasteiger partial charge is 0.506 e. The van der Waals surface area contributed by atoms with Crippen molar-refractivity contribution in [3.05, 3.63) is 27.7 Å². The minimum Gasteiger partial charge on any atom is -0.506 e. The number of rotatable bonds is 1. The number of cyclic esters (lactones) is 1.